The molecule has 0 spiro atoms. The SMILES string of the molecule is COC(=O)NC1CCN(c2cccc(CN)c2)C1. The lowest BCUT2D eigenvalue weighted by molar-refractivity contribution is 0.167. The van der Waals surface area contributed by atoms with Crippen molar-refractivity contribution in [3.63, 3.8) is 0 Å². The first-order valence-corrected chi connectivity index (χ1v) is 6.11. The number of ether oxygens (including phenoxy) is 1. The Morgan fingerprint density at radius 2 is 2.44 bits per heavy atom. The zero-order valence-electron chi connectivity index (χ0n) is 10.6. The van der Waals surface area contributed by atoms with E-state index >= 15 is 0 Å². The van der Waals surface area contributed by atoms with Crippen LogP contribution >= 0.6 is 0 Å². The maximum atomic E-state index is 11.1. The second-order valence-electron chi connectivity index (χ2n) is 4.44. The van der Waals surface area contributed by atoms with Crippen LogP contribution in [0.1, 0.15) is 12.0 Å². The predicted octanol–water partition coefficient (Wildman–Crippen LogP) is 1.08. The van der Waals surface area contributed by atoms with Crippen LogP contribution in [0.2, 0.25) is 0 Å². The topological polar surface area (TPSA) is 67.6 Å². The van der Waals surface area contributed by atoms with Gasteiger partial charge in [0.2, 0.25) is 0 Å². The molecule has 2 rings (SSSR count). The largest absolute Gasteiger partial charge is 0.453 e. The molecule has 5 heteroatoms. The number of nitrogens with two attached hydrogens (primary N) is 1. The minimum Gasteiger partial charge on any atom is -0.453 e. The van der Waals surface area contributed by atoms with Crippen LogP contribution in [0.15, 0.2) is 24.3 Å². The number of anilines is 1. The number of rotatable bonds is 3. The van der Waals surface area contributed by atoms with E-state index < -0.39 is 0 Å². The fourth-order valence-corrected chi connectivity index (χ4v) is 2.22. The molecule has 0 bridgehead atoms. The van der Waals surface area contributed by atoms with Gasteiger partial charge in [0.25, 0.3) is 0 Å². The molecule has 0 saturated carbocycles. The zero-order chi connectivity index (χ0) is 13.0. The number of alkyl carbamates (subject to hydrolysis) is 1. The summed E-state index contributed by atoms with van der Waals surface area (Å²) in [5.41, 5.74) is 7.92. The minimum absolute atomic E-state index is 0.152. The molecule has 0 radical (unpaired) electrons. The number of hydrogen-bond acceptors (Lipinski definition) is 4. The molecular formula is C13H19N3O2. The van der Waals surface area contributed by atoms with Crippen molar-refractivity contribution in [3.05, 3.63) is 29.8 Å². The third-order valence-electron chi connectivity index (χ3n) is 3.21. The molecule has 1 aromatic rings. The van der Waals surface area contributed by atoms with Crippen molar-refractivity contribution in [3.8, 4) is 0 Å². The number of carbonyl (C=O) groups excluding carboxylic acids is 1. The van der Waals surface area contributed by atoms with Crippen molar-refractivity contribution in [1.29, 1.82) is 0 Å². The standard InChI is InChI=1S/C13H19N3O2/c1-18-13(17)15-11-5-6-16(9-11)12-4-2-3-10(7-12)8-14/h2-4,7,11H,5-6,8-9,14H2,1H3,(H,15,17). The van der Waals surface area contributed by atoms with E-state index in [9.17, 15) is 4.79 Å². The lowest BCUT2D eigenvalue weighted by Crippen LogP contribution is -2.36. The number of methoxy groups -OCH3 is 1. The number of amides is 1. The van der Waals surface area contributed by atoms with Gasteiger partial charge in [0.15, 0.2) is 0 Å². The van der Waals surface area contributed by atoms with Crippen LogP contribution in [-0.4, -0.2) is 32.3 Å². The molecule has 1 amide bonds. The molecule has 1 aromatic carbocycles. The first kappa shape index (κ1) is 12.7. The average Bonchev–Trinajstić information content (AvgIpc) is 2.87. The van der Waals surface area contributed by atoms with E-state index in [1.807, 2.05) is 12.1 Å². The highest BCUT2D eigenvalue weighted by Crippen LogP contribution is 2.21. The Labute approximate surface area is 107 Å². The van der Waals surface area contributed by atoms with Gasteiger partial charge in [-0.3, -0.25) is 0 Å². The van der Waals surface area contributed by atoms with Crippen molar-refractivity contribution < 1.29 is 9.53 Å². The molecule has 1 heterocycles. The van der Waals surface area contributed by atoms with Gasteiger partial charge in [-0.1, -0.05) is 12.1 Å². The molecule has 1 fully saturated rings. The Bertz CT molecular complexity index is 422. The van der Waals surface area contributed by atoms with Crippen molar-refractivity contribution in [2.75, 3.05) is 25.1 Å². The van der Waals surface area contributed by atoms with Crippen LogP contribution in [0.25, 0.3) is 0 Å². The van der Waals surface area contributed by atoms with Crippen molar-refractivity contribution in [1.82, 2.24) is 5.32 Å². The maximum Gasteiger partial charge on any atom is 0.407 e. The monoisotopic (exact) mass is 249 g/mol. The first-order valence-electron chi connectivity index (χ1n) is 6.11. The Morgan fingerprint density at radius 3 is 3.17 bits per heavy atom. The molecule has 18 heavy (non-hydrogen) atoms. The Hall–Kier alpha value is -1.75. The third kappa shape index (κ3) is 2.92. The number of carbonyl (C=O) groups is 1. The van der Waals surface area contributed by atoms with Crippen molar-refractivity contribution in [2.45, 2.75) is 19.0 Å². The highest BCUT2D eigenvalue weighted by molar-refractivity contribution is 5.67. The smallest absolute Gasteiger partial charge is 0.407 e. The normalized spacial score (nSPS) is 18.8. The zero-order valence-corrected chi connectivity index (χ0v) is 10.6. The van der Waals surface area contributed by atoms with Gasteiger partial charge >= 0.3 is 6.09 Å². The molecule has 0 aromatic heterocycles. The Kier molecular flexibility index (Phi) is 4.04. The van der Waals surface area contributed by atoms with E-state index in [0.29, 0.717) is 6.54 Å². The lowest BCUT2D eigenvalue weighted by Gasteiger charge is -2.19. The van der Waals surface area contributed by atoms with Gasteiger partial charge in [-0.2, -0.15) is 0 Å². The summed E-state index contributed by atoms with van der Waals surface area (Å²) in [6, 6.07) is 8.35. The summed E-state index contributed by atoms with van der Waals surface area (Å²) in [5, 5.41) is 2.83. The van der Waals surface area contributed by atoms with Crippen LogP contribution < -0.4 is 16.0 Å². The van der Waals surface area contributed by atoms with Gasteiger partial charge in [0, 0.05) is 25.3 Å². The van der Waals surface area contributed by atoms with Gasteiger partial charge in [-0.05, 0) is 24.1 Å². The second-order valence-corrected chi connectivity index (χ2v) is 4.44. The number of nitrogens with one attached hydrogen (secondary N) is 1. The van der Waals surface area contributed by atoms with Gasteiger partial charge in [0.05, 0.1) is 13.2 Å². The molecule has 1 aliphatic heterocycles. The number of hydrogen-bond donors (Lipinski definition) is 2. The third-order valence-corrected chi connectivity index (χ3v) is 3.21. The van der Waals surface area contributed by atoms with E-state index in [-0.39, 0.29) is 12.1 Å². The highest BCUT2D eigenvalue weighted by Gasteiger charge is 2.24. The van der Waals surface area contributed by atoms with Crippen LogP contribution in [-0.2, 0) is 11.3 Å². The van der Waals surface area contributed by atoms with Gasteiger partial charge in [-0.15, -0.1) is 0 Å². The summed E-state index contributed by atoms with van der Waals surface area (Å²) in [6.45, 7) is 2.29. The van der Waals surface area contributed by atoms with Crippen LogP contribution in [0.5, 0.6) is 0 Å². The molecule has 1 unspecified atom stereocenters. The lowest BCUT2D eigenvalue weighted by atomic mass is 10.2. The van der Waals surface area contributed by atoms with Crippen LogP contribution in [0.4, 0.5) is 10.5 Å². The van der Waals surface area contributed by atoms with E-state index in [1.165, 1.54) is 7.11 Å². The number of nitrogens with zero attached hydrogens (tertiary/aromatic N) is 1. The van der Waals surface area contributed by atoms with E-state index in [0.717, 1.165) is 30.8 Å². The molecular weight excluding hydrogens is 230 g/mol. The fraction of sp³-hybridized carbons (Fsp3) is 0.462. The molecule has 1 saturated heterocycles. The van der Waals surface area contributed by atoms with E-state index in [2.05, 4.69) is 27.1 Å². The predicted molar refractivity (Wildman–Crippen MR) is 70.5 cm³/mol. The van der Waals surface area contributed by atoms with E-state index in [1.54, 1.807) is 0 Å². The quantitative estimate of drug-likeness (QED) is 0.841. The summed E-state index contributed by atoms with van der Waals surface area (Å²) < 4.78 is 4.60. The second kappa shape index (κ2) is 5.73. The molecule has 0 aliphatic carbocycles. The molecule has 98 valence electrons. The van der Waals surface area contributed by atoms with Crippen LogP contribution in [0, 0.1) is 0 Å². The highest BCUT2D eigenvalue weighted by atomic mass is 16.5. The fourth-order valence-electron chi connectivity index (χ4n) is 2.22. The van der Waals surface area contributed by atoms with Crippen molar-refractivity contribution in [2.24, 2.45) is 5.73 Å². The summed E-state index contributed by atoms with van der Waals surface area (Å²) in [5.74, 6) is 0. The Morgan fingerprint density at radius 1 is 1.61 bits per heavy atom. The summed E-state index contributed by atoms with van der Waals surface area (Å²) in [4.78, 5) is 13.4. The van der Waals surface area contributed by atoms with Crippen molar-refractivity contribution >= 4 is 11.8 Å². The molecule has 3 N–H and O–H groups in total. The maximum absolute atomic E-state index is 11.1. The van der Waals surface area contributed by atoms with Crippen LogP contribution in [0.3, 0.4) is 0 Å². The molecule has 1 atom stereocenters. The molecule has 5 nitrogen and oxygen atoms in total. The van der Waals surface area contributed by atoms with Gasteiger partial charge in [-0.25, -0.2) is 4.79 Å². The summed E-state index contributed by atoms with van der Waals surface area (Å²) in [7, 11) is 1.38. The summed E-state index contributed by atoms with van der Waals surface area (Å²) in [6.07, 6.45) is 0.569. The average molecular weight is 249 g/mol. The minimum atomic E-state index is -0.363. The van der Waals surface area contributed by atoms with E-state index in [4.69, 9.17) is 5.73 Å². The number of benzene rings is 1. The van der Waals surface area contributed by atoms with Gasteiger partial charge < -0.3 is 20.7 Å². The van der Waals surface area contributed by atoms with Gasteiger partial charge in [0.1, 0.15) is 0 Å². The summed E-state index contributed by atoms with van der Waals surface area (Å²) >= 11 is 0. The first-order chi connectivity index (χ1) is 8.72. The Balaban J connectivity index is 1.97. The molecule has 1 aliphatic rings.